The lowest BCUT2D eigenvalue weighted by Gasteiger charge is -2.46. The van der Waals surface area contributed by atoms with Crippen LogP contribution in [0.4, 0.5) is 5.69 Å². The molecule has 6 atom stereocenters. The Morgan fingerprint density at radius 2 is 1.96 bits per heavy atom. The number of aliphatic hydroxyl groups is 1. The molecular weight excluding hydrogens is 374 g/mol. The molecule has 0 aromatic heterocycles. The van der Waals surface area contributed by atoms with Gasteiger partial charge in [-0.25, -0.2) is 0 Å². The summed E-state index contributed by atoms with van der Waals surface area (Å²) in [7, 11) is 1.39. The number of hydrogen-bond donors (Lipinski definition) is 1. The molecule has 154 valence electrons. The molecule has 28 heavy (non-hydrogen) atoms. The van der Waals surface area contributed by atoms with Gasteiger partial charge in [0.15, 0.2) is 18.7 Å². The maximum absolute atomic E-state index is 12.0. The van der Waals surface area contributed by atoms with E-state index in [1.54, 1.807) is 13.8 Å². The average molecular weight is 397 g/mol. The molecule has 0 unspecified atom stereocenters. The number of esters is 1. The van der Waals surface area contributed by atoms with Gasteiger partial charge in [-0.05, 0) is 12.1 Å². The Balaban J connectivity index is 1.74. The number of carbonyl (C=O) groups is 1. The third kappa shape index (κ3) is 4.15. The Hall–Kier alpha value is -2.11. The van der Waals surface area contributed by atoms with Gasteiger partial charge in [0.2, 0.25) is 0 Å². The molecule has 10 heteroatoms. The lowest BCUT2D eigenvalue weighted by molar-refractivity contribution is -0.385. The van der Waals surface area contributed by atoms with Crippen molar-refractivity contribution in [3.05, 3.63) is 39.9 Å². The van der Waals surface area contributed by atoms with Crippen molar-refractivity contribution < 1.29 is 38.5 Å². The molecule has 1 aromatic carbocycles. The van der Waals surface area contributed by atoms with Crippen LogP contribution in [0.25, 0.3) is 0 Å². The third-order valence-corrected chi connectivity index (χ3v) is 4.64. The number of hydrogen-bond acceptors (Lipinski definition) is 9. The molecule has 2 aliphatic rings. The van der Waals surface area contributed by atoms with Crippen LogP contribution in [0.1, 0.15) is 25.7 Å². The number of aliphatic hydroxyl groups excluding tert-OH is 1. The highest BCUT2D eigenvalue weighted by atomic mass is 16.8. The van der Waals surface area contributed by atoms with E-state index >= 15 is 0 Å². The predicted molar refractivity (Wildman–Crippen MR) is 93.1 cm³/mol. The van der Waals surface area contributed by atoms with Crippen LogP contribution in [0.3, 0.4) is 0 Å². The molecule has 2 heterocycles. The molecule has 2 fully saturated rings. The van der Waals surface area contributed by atoms with Crippen molar-refractivity contribution in [1.82, 2.24) is 0 Å². The van der Waals surface area contributed by atoms with Gasteiger partial charge >= 0.3 is 5.97 Å². The van der Waals surface area contributed by atoms with Crippen molar-refractivity contribution in [2.45, 2.75) is 50.8 Å². The second-order valence-electron chi connectivity index (χ2n) is 6.94. The van der Waals surface area contributed by atoms with E-state index in [2.05, 4.69) is 0 Å². The third-order valence-electron chi connectivity index (χ3n) is 4.64. The number of benzene rings is 1. The SMILES string of the molecule is CO[C@H]1O[C@@H]2CO[C@@H](c3ccc([N+](=O)[O-])cc3)O[C@H]2[C@H](O)[C@H]1OC(=O)C(C)C. The maximum atomic E-state index is 12.0. The average Bonchev–Trinajstić information content (AvgIpc) is 2.69. The summed E-state index contributed by atoms with van der Waals surface area (Å²) in [5.41, 5.74) is 0.503. The molecule has 2 saturated heterocycles. The summed E-state index contributed by atoms with van der Waals surface area (Å²) in [6.45, 7) is 3.46. The van der Waals surface area contributed by atoms with Crippen LogP contribution in [0.5, 0.6) is 0 Å². The predicted octanol–water partition coefficient (Wildman–Crippen LogP) is 1.31. The molecule has 1 aromatic rings. The lowest BCUT2D eigenvalue weighted by Crippen LogP contribution is -2.63. The fourth-order valence-corrected chi connectivity index (χ4v) is 3.07. The highest BCUT2D eigenvalue weighted by Gasteiger charge is 2.51. The summed E-state index contributed by atoms with van der Waals surface area (Å²) in [5, 5.41) is 21.6. The molecule has 0 spiro atoms. The lowest BCUT2D eigenvalue weighted by atomic mass is 9.97. The number of rotatable bonds is 5. The van der Waals surface area contributed by atoms with Crippen LogP contribution < -0.4 is 0 Å². The second-order valence-corrected chi connectivity index (χ2v) is 6.94. The van der Waals surface area contributed by atoms with Crippen molar-refractivity contribution >= 4 is 11.7 Å². The van der Waals surface area contributed by atoms with Gasteiger partial charge in [0, 0.05) is 24.8 Å². The van der Waals surface area contributed by atoms with Gasteiger partial charge in [0.1, 0.15) is 18.3 Å². The normalized spacial score (nSPS) is 32.6. The van der Waals surface area contributed by atoms with Gasteiger partial charge < -0.3 is 28.8 Å². The zero-order valence-corrected chi connectivity index (χ0v) is 15.7. The first kappa shape index (κ1) is 20.6. The maximum Gasteiger partial charge on any atom is 0.308 e. The minimum Gasteiger partial charge on any atom is -0.454 e. The largest absolute Gasteiger partial charge is 0.454 e. The van der Waals surface area contributed by atoms with E-state index in [1.165, 1.54) is 31.4 Å². The van der Waals surface area contributed by atoms with Crippen LogP contribution >= 0.6 is 0 Å². The van der Waals surface area contributed by atoms with Crippen LogP contribution in [0, 0.1) is 16.0 Å². The molecular formula is C18H23NO9. The van der Waals surface area contributed by atoms with E-state index in [1.807, 2.05) is 0 Å². The molecule has 0 bridgehead atoms. The number of fused-ring (bicyclic) bond motifs is 1. The van der Waals surface area contributed by atoms with Crippen molar-refractivity contribution in [1.29, 1.82) is 0 Å². The molecule has 2 aliphatic heterocycles. The number of nitro benzene ring substituents is 1. The highest BCUT2D eigenvalue weighted by Crippen LogP contribution is 2.35. The summed E-state index contributed by atoms with van der Waals surface area (Å²) >= 11 is 0. The molecule has 0 saturated carbocycles. The number of carbonyl (C=O) groups excluding carboxylic acids is 1. The van der Waals surface area contributed by atoms with Gasteiger partial charge in [0.25, 0.3) is 5.69 Å². The van der Waals surface area contributed by atoms with Crippen LogP contribution in [-0.2, 0) is 28.5 Å². The quantitative estimate of drug-likeness (QED) is 0.444. The first-order chi connectivity index (χ1) is 13.3. The summed E-state index contributed by atoms with van der Waals surface area (Å²) < 4.78 is 27.8. The minimum atomic E-state index is -1.20. The van der Waals surface area contributed by atoms with Gasteiger partial charge in [0.05, 0.1) is 17.4 Å². The second kappa shape index (κ2) is 8.50. The Morgan fingerprint density at radius 3 is 2.54 bits per heavy atom. The zero-order valence-electron chi connectivity index (χ0n) is 15.7. The van der Waals surface area contributed by atoms with E-state index in [9.17, 15) is 20.0 Å². The summed E-state index contributed by atoms with van der Waals surface area (Å²) in [6.07, 6.45) is -5.51. The smallest absolute Gasteiger partial charge is 0.308 e. The molecule has 10 nitrogen and oxygen atoms in total. The fraction of sp³-hybridized carbons (Fsp3) is 0.611. The minimum absolute atomic E-state index is 0.0536. The van der Waals surface area contributed by atoms with E-state index in [4.69, 9.17) is 23.7 Å². The molecule has 1 N–H and O–H groups in total. The van der Waals surface area contributed by atoms with Gasteiger partial charge in [-0.3, -0.25) is 14.9 Å². The topological polar surface area (TPSA) is 127 Å². The molecule has 0 radical (unpaired) electrons. The number of nitro groups is 1. The molecule has 0 aliphatic carbocycles. The van der Waals surface area contributed by atoms with Gasteiger partial charge in [-0.1, -0.05) is 13.8 Å². The molecule has 3 rings (SSSR count). The van der Waals surface area contributed by atoms with Crippen molar-refractivity contribution in [3.8, 4) is 0 Å². The Kier molecular flexibility index (Phi) is 6.26. The van der Waals surface area contributed by atoms with Crippen LogP contribution in [0.2, 0.25) is 0 Å². The van der Waals surface area contributed by atoms with E-state index in [0.717, 1.165) is 0 Å². The van der Waals surface area contributed by atoms with Crippen LogP contribution in [-0.4, -0.2) is 60.4 Å². The number of non-ortho nitro benzene ring substituents is 1. The van der Waals surface area contributed by atoms with Gasteiger partial charge in [-0.2, -0.15) is 0 Å². The number of methoxy groups -OCH3 is 1. The molecule has 0 amide bonds. The fourth-order valence-electron chi connectivity index (χ4n) is 3.07. The summed E-state index contributed by atoms with van der Waals surface area (Å²) in [5.74, 6) is -0.877. The summed E-state index contributed by atoms with van der Waals surface area (Å²) in [4.78, 5) is 22.3. The standard InChI is InChI=1S/C18H23NO9/c1-9(2)16(21)27-15-13(20)14-12(26-18(15)24-3)8-25-17(28-14)10-4-6-11(7-5-10)19(22)23/h4-7,9,12-15,17-18,20H,8H2,1-3H3/t12-,13+,14-,15-,17-,18+/m1/s1. The Bertz CT molecular complexity index is 708. The Labute approximate surface area is 161 Å². The van der Waals surface area contributed by atoms with Crippen molar-refractivity contribution in [2.75, 3.05) is 13.7 Å². The van der Waals surface area contributed by atoms with Crippen molar-refractivity contribution in [2.24, 2.45) is 5.92 Å². The van der Waals surface area contributed by atoms with Crippen molar-refractivity contribution in [3.63, 3.8) is 0 Å². The number of nitrogens with zero attached hydrogens (tertiary/aromatic N) is 1. The first-order valence-electron chi connectivity index (χ1n) is 8.90. The zero-order chi connectivity index (χ0) is 20.4. The van der Waals surface area contributed by atoms with E-state index in [-0.39, 0.29) is 18.2 Å². The van der Waals surface area contributed by atoms with Gasteiger partial charge in [-0.15, -0.1) is 0 Å². The van der Waals surface area contributed by atoms with Crippen LogP contribution in [0.15, 0.2) is 24.3 Å². The first-order valence-corrected chi connectivity index (χ1v) is 8.90. The Morgan fingerprint density at radius 1 is 1.29 bits per heavy atom. The summed E-state index contributed by atoms with van der Waals surface area (Å²) in [6, 6.07) is 5.73. The van der Waals surface area contributed by atoms with E-state index < -0.39 is 47.9 Å². The monoisotopic (exact) mass is 397 g/mol. The number of ether oxygens (including phenoxy) is 5. The van der Waals surface area contributed by atoms with E-state index in [0.29, 0.717) is 5.56 Å². The highest BCUT2D eigenvalue weighted by molar-refractivity contribution is 5.71.